The summed E-state index contributed by atoms with van der Waals surface area (Å²) in [6.07, 6.45) is 4.89. The monoisotopic (exact) mass is 435 g/mol. The van der Waals surface area contributed by atoms with E-state index < -0.39 is 36.1 Å². The molecule has 0 bridgehead atoms. The van der Waals surface area contributed by atoms with Gasteiger partial charge in [0.25, 0.3) is 5.91 Å². The van der Waals surface area contributed by atoms with Crippen molar-refractivity contribution >= 4 is 17.9 Å². The highest BCUT2D eigenvalue weighted by molar-refractivity contribution is 5.91. The lowest BCUT2D eigenvalue weighted by atomic mass is 10.0. The van der Waals surface area contributed by atoms with Crippen LogP contribution in [-0.4, -0.2) is 35.0 Å². The number of alkyl carbamates (subject to hydrolysis) is 1. The van der Waals surface area contributed by atoms with Crippen molar-refractivity contribution in [3.8, 4) is 12.5 Å². The molecule has 2 aromatic rings. The minimum absolute atomic E-state index is 0.282. The number of carbonyl (C=O) groups is 3. The zero-order chi connectivity index (χ0) is 23.7. The number of rotatable bonds is 7. The van der Waals surface area contributed by atoms with Crippen molar-refractivity contribution in [2.75, 3.05) is 6.54 Å². The van der Waals surface area contributed by atoms with Gasteiger partial charge in [-0.1, -0.05) is 66.6 Å². The second-order valence-electron chi connectivity index (χ2n) is 8.27. The van der Waals surface area contributed by atoms with Gasteiger partial charge in [0.05, 0.1) is 0 Å². The smallest absolute Gasteiger partial charge is 0.408 e. The van der Waals surface area contributed by atoms with E-state index in [9.17, 15) is 14.4 Å². The fourth-order valence-electron chi connectivity index (χ4n) is 2.98. The molecule has 0 saturated heterocycles. The van der Waals surface area contributed by atoms with Crippen LogP contribution in [0.1, 0.15) is 43.5 Å². The summed E-state index contributed by atoms with van der Waals surface area (Å²) in [6.45, 7) is 6.90. The first kappa shape index (κ1) is 24.5. The molecule has 2 N–H and O–H groups in total. The number of benzene rings is 2. The van der Waals surface area contributed by atoms with Gasteiger partial charge >= 0.3 is 6.09 Å². The molecule has 32 heavy (non-hydrogen) atoms. The highest BCUT2D eigenvalue weighted by atomic mass is 16.6. The molecule has 0 fully saturated rings. The van der Waals surface area contributed by atoms with Crippen molar-refractivity contribution in [1.29, 1.82) is 0 Å². The van der Waals surface area contributed by atoms with E-state index in [-0.39, 0.29) is 6.54 Å². The zero-order valence-electron chi connectivity index (χ0n) is 18.8. The number of carbonyl (C=O) groups excluding carboxylic acids is 3. The number of nitrogens with one attached hydrogen (secondary N) is 2. The van der Waals surface area contributed by atoms with E-state index in [1.54, 1.807) is 39.0 Å². The summed E-state index contributed by atoms with van der Waals surface area (Å²) in [7, 11) is 0. The van der Waals surface area contributed by atoms with Gasteiger partial charge in [-0.2, -0.15) is 0 Å². The Morgan fingerprint density at radius 2 is 1.75 bits per heavy atom. The second-order valence-corrected chi connectivity index (χ2v) is 8.27. The highest BCUT2D eigenvalue weighted by Crippen LogP contribution is 2.22. The Bertz CT molecular complexity index is 990. The van der Waals surface area contributed by atoms with Crippen LogP contribution in [0.5, 0.6) is 0 Å². The molecular formula is C25H29N3O4. The molecule has 1 atom stereocenters. The van der Waals surface area contributed by atoms with Gasteiger partial charge in [-0.15, -0.1) is 0 Å². The van der Waals surface area contributed by atoms with Crippen LogP contribution < -0.4 is 10.6 Å². The van der Waals surface area contributed by atoms with Crippen molar-refractivity contribution < 1.29 is 19.1 Å². The van der Waals surface area contributed by atoms with Crippen LogP contribution >= 0.6 is 0 Å². The number of nitrogens with zero attached hydrogens (tertiary/aromatic N) is 1. The Hall–Kier alpha value is -3.79. The van der Waals surface area contributed by atoms with E-state index in [4.69, 9.17) is 11.2 Å². The molecule has 0 heterocycles. The normalized spacial score (nSPS) is 11.6. The summed E-state index contributed by atoms with van der Waals surface area (Å²) in [4.78, 5) is 38.9. The van der Waals surface area contributed by atoms with Crippen LogP contribution in [0.2, 0.25) is 0 Å². The fourth-order valence-corrected chi connectivity index (χ4v) is 2.98. The van der Waals surface area contributed by atoms with Gasteiger partial charge < -0.3 is 15.4 Å². The molecule has 2 rings (SSSR count). The average Bonchev–Trinajstić information content (AvgIpc) is 2.73. The number of terminal acetylenes is 1. The lowest BCUT2D eigenvalue weighted by Crippen LogP contribution is -2.45. The quantitative estimate of drug-likeness (QED) is 0.516. The average molecular weight is 436 g/mol. The molecular weight excluding hydrogens is 406 g/mol. The second kappa shape index (κ2) is 11.0. The van der Waals surface area contributed by atoms with E-state index in [1.165, 1.54) is 0 Å². The van der Waals surface area contributed by atoms with E-state index in [0.29, 0.717) is 5.56 Å². The van der Waals surface area contributed by atoms with Crippen LogP contribution in [0, 0.1) is 19.4 Å². The van der Waals surface area contributed by atoms with E-state index in [1.807, 2.05) is 43.3 Å². The third-order valence-corrected chi connectivity index (χ3v) is 4.36. The van der Waals surface area contributed by atoms with Gasteiger partial charge in [-0.05, 0) is 38.8 Å². The lowest BCUT2D eigenvalue weighted by Gasteiger charge is -2.27. The van der Waals surface area contributed by atoms with Gasteiger partial charge in [0.15, 0.2) is 0 Å². The fraction of sp³-hybridized carbons (Fsp3) is 0.320. The van der Waals surface area contributed by atoms with Gasteiger partial charge in [0.1, 0.15) is 18.2 Å². The minimum atomic E-state index is -1.06. The van der Waals surface area contributed by atoms with E-state index in [0.717, 1.165) is 16.0 Å². The number of ether oxygens (including phenoxy) is 1. The molecule has 0 saturated carbocycles. The molecule has 0 aliphatic carbocycles. The SMILES string of the molecule is C#CN(C(=O)CNC(=O)OC(C)(C)C)C(C(=O)NCc1ccccc1)c1cccc(C)c1. The van der Waals surface area contributed by atoms with Crippen molar-refractivity contribution in [3.63, 3.8) is 0 Å². The summed E-state index contributed by atoms with van der Waals surface area (Å²) in [6, 6.07) is 17.9. The van der Waals surface area contributed by atoms with Gasteiger partial charge in [-0.3, -0.25) is 14.5 Å². The molecule has 3 amide bonds. The molecule has 0 spiro atoms. The molecule has 1 unspecified atom stereocenters. The summed E-state index contributed by atoms with van der Waals surface area (Å²) in [5, 5.41) is 5.23. The van der Waals surface area contributed by atoms with Crippen LogP contribution in [0.3, 0.4) is 0 Å². The van der Waals surface area contributed by atoms with Crippen LogP contribution in [-0.2, 0) is 20.9 Å². The highest BCUT2D eigenvalue weighted by Gasteiger charge is 2.31. The molecule has 7 nitrogen and oxygen atoms in total. The lowest BCUT2D eigenvalue weighted by molar-refractivity contribution is -0.136. The van der Waals surface area contributed by atoms with Crippen molar-refractivity contribution in [3.05, 3.63) is 71.3 Å². The van der Waals surface area contributed by atoms with Gasteiger partial charge in [-0.25, -0.2) is 4.79 Å². The van der Waals surface area contributed by atoms with Gasteiger partial charge in [0.2, 0.25) is 5.91 Å². The maximum atomic E-state index is 13.1. The standard InChI is InChI=1S/C25H29N3O4/c1-6-28(21(29)17-27-24(31)32-25(3,4)5)22(20-14-10-11-18(2)15-20)23(30)26-16-19-12-8-7-9-13-19/h1,7-15,22H,16-17H2,2-5H3,(H,26,30)(H,27,31). The molecule has 0 radical (unpaired) electrons. The topological polar surface area (TPSA) is 87.7 Å². The number of hydrogen-bond donors (Lipinski definition) is 2. The predicted octanol–water partition coefficient (Wildman–Crippen LogP) is 3.30. The number of hydrogen-bond acceptors (Lipinski definition) is 4. The Morgan fingerprint density at radius 3 is 2.34 bits per heavy atom. The maximum absolute atomic E-state index is 13.1. The summed E-state index contributed by atoms with van der Waals surface area (Å²) in [5.74, 6) is -1.04. The Morgan fingerprint density at radius 1 is 1.06 bits per heavy atom. The maximum Gasteiger partial charge on any atom is 0.408 e. The largest absolute Gasteiger partial charge is 0.444 e. The van der Waals surface area contributed by atoms with E-state index in [2.05, 4.69) is 16.7 Å². The summed E-state index contributed by atoms with van der Waals surface area (Å²) in [5.41, 5.74) is 1.69. The van der Waals surface area contributed by atoms with E-state index >= 15 is 0 Å². The molecule has 0 aliphatic rings. The molecule has 0 aromatic heterocycles. The Balaban J connectivity index is 2.20. The summed E-state index contributed by atoms with van der Waals surface area (Å²) >= 11 is 0. The first-order valence-corrected chi connectivity index (χ1v) is 10.2. The van der Waals surface area contributed by atoms with Crippen molar-refractivity contribution in [1.82, 2.24) is 15.5 Å². The molecule has 2 aromatic carbocycles. The Labute approximate surface area is 189 Å². The van der Waals surface area contributed by atoms with Crippen molar-refractivity contribution in [2.45, 2.75) is 45.9 Å². The summed E-state index contributed by atoms with van der Waals surface area (Å²) < 4.78 is 5.15. The third-order valence-electron chi connectivity index (χ3n) is 4.36. The molecule has 0 aliphatic heterocycles. The Kier molecular flexibility index (Phi) is 8.42. The van der Waals surface area contributed by atoms with Crippen LogP contribution in [0.4, 0.5) is 4.79 Å². The molecule has 7 heteroatoms. The number of amides is 3. The first-order chi connectivity index (χ1) is 15.1. The predicted molar refractivity (Wildman–Crippen MR) is 122 cm³/mol. The van der Waals surface area contributed by atoms with Crippen LogP contribution in [0.15, 0.2) is 54.6 Å². The first-order valence-electron chi connectivity index (χ1n) is 10.2. The van der Waals surface area contributed by atoms with Crippen molar-refractivity contribution in [2.24, 2.45) is 0 Å². The number of aryl methyl sites for hydroxylation is 1. The molecule has 168 valence electrons. The van der Waals surface area contributed by atoms with Crippen LogP contribution in [0.25, 0.3) is 0 Å². The zero-order valence-corrected chi connectivity index (χ0v) is 18.8. The van der Waals surface area contributed by atoms with Gasteiger partial charge in [0, 0.05) is 12.6 Å². The minimum Gasteiger partial charge on any atom is -0.444 e. The third kappa shape index (κ3) is 7.47.